The Bertz CT molecular complexity index is 416. The molecular weight excluding hydrogens is 244 g/mol. The fourth-order valence-corrected chi connectivity index (χ4v) is 2.40. The Hall–Kier alpha value is -1.46. The SMILES string of the molecule is CCN(Cc1ccccn1)CC1(C(=O)O)CCOC1. The molecule has 0 aliphatic carbocycles. The fraction of sp³-hybridized carbons (Fsp3) is 0.571. The lowest BCUT2D eigenvalue weighted by atomic mass is 9.86. The number of carboxylic acid groups (broad SMARTS) is 1. The van der Waals surface area contributed by atoms with Gasteiger partial charge >= 0.3 is 5.97 Å². The first kappa shape index (κ1) is 14.0. The van der Waals surface area contributed by atoms with Gasteiger partial charge in [0.2, 0.25) is 0 Å². The molecule has 104 valence electrons. The second-order valence-electron chi connectivity index (χ2n) is 5.01. The van der Waals surface area contributed by atoms with Crippen molar-refractivity contribution in [2.75, 3.05) is 26.3 Å². The van der Waals surface area contributed by atoms with Gasteiger partial charge in [0, 0.05) is 25.9 Å². The number of hydrogen-bond acceptors (Lipinski definition) is 4. The molecule has 5 nitrogen and oxygen atoms in total. The third kappa shape index (κ3) is 3.30. The number of rotatable bonds is 6. The molecule has 0 radical (unpaired) electrons. The van der Waals surface area contributed by atoms with Crippen LogP contribution < -0.4 is 0 Å². The van der Waals surface area contributed by atoms with Gasteiger partial charge in [0.05, 0.1) is 12.3 Å². The lowest BCUT2D eigenvalue weighted by Gasteiger charge is -2.30. The van der Waals surface area contributed by atoms with E-state index in [2.05, 4.69) is 9.88 Å². The van der Waals surface area contributed by atoms with E-state index in [1.807, 2.05) is 25.1 Å². The number of ether oxygens (including phenoxy) is 1. The van der Waals surface area contributed by atoms with Crippen LogP contribution in [0.15, 0.2) is 24.4 Å². The predicted molar refractivity (Wildman–Crippen MR) is 70.7 cm³/mol. The Balaban J connectivity index is 2.04. The molecule has 2 rings (SSSR count). The highest BCUT2D eigenvalue weighted by atomic mass is 16.5. The van der Waals surface area contributed by atoms with Crippen molar-refractivity contribution in [2.45, 2.75) is 19.9 Å². The van der Waals surface area contributed by atoms with Crippen LogP contribution in [0.4, 0.5) is 0 Å². The maximum absolute atomic E-state index is 11.5. The molecular formula is C14H20N2O3. The van der Waals surface area contributed by atoms with E-state index >= 15 is 0 Å². The van der Waals surface area contributed by atoms with Crippen molar-refractivity contribution in [3.63, 3.8) is 0 Å². The van der Waals surface area contributed by atoms with Crippen LogP contribution in [0.3, 0.4) is 0 Å². The molecule has 1 aromatic heterocycles. The third-order valence-corrected chi connectivity index (χ3v) is 3.64. The van der Waals surface area contributed by atoms with Crippen LogP contribution in [0.2, 0.25) is 0 Å². The summed E-state index contributed by atoms with van der Waals surface area (Å²) in [5, 5.41) is 9.45. The van der Waals surface area contributed by atoms with Crippen LogP contribution in [0.25, 0.3) is 0 Å². The molecule has 2 heterocycles. The van der Waals surface area contributed by atoms with Crippen LogP contribution >= 0.6 is 0 Å². The van der Waals surface area contributed by atoms with Crippen molar-refractivity contribution in [3.05, 3.63) is 30.1 Å². The number of aromatic nitrogens is 1. The van der Waals surface area contributed by atoms with Gasteiger partial charge in [0.15, 0.2) is 0 Å². The van der Waals surface area contributed by atoms with E-state index in [0.717, 1.165) is 12.2 Å². The topological polar surface area (TPSA) is 62.7 Å². The number of hydrogen-bond donors (Lipinski definition) is 1. The zero-order valence-electron chi connectivity index (χ0n) is 11.2. The summed E-state index contributed by atoms with van der Waals surface area (Å²) in [6.07, 6.45) is 2.34. The predicted octanol–water partition coefficient (Wildman–Crippen LogP) is 1.39. The van der Waals surface area contributed by atoms with E-state index in [1.54, 1.807) is 6.20 Å². The van der Waals surface area contributed by atoms with Gasteiger partial charge in [-0.1, -0.05) is 13.0 Å². The van der Waals surface area contributed by atoms with Crippen LogP contribution in [-0.2, 0) is 16.1 Å². The highest BCUT2D eigenvalue weighted by Crippen LogP contribution is 2.30. The van der Waals surface area contributed by atoms with Crippen molar-refractivity contribution in [2.24, 2.45) is 5.41 Å². The van der Waals surface area contributed by atoms with Crippen LogP contribution in [0.1, 0.15) is 19.0 Å². The van der Waals surface area contributed by atoms with Gasteiger partial charge in [-0.25, -0.2) is 0 Å². The molecule has 1 N–H and O–H groups in total. The summed E-state index contributed by atoms with van der Waals surface area (Å²) < 4.78 is 5.29. The molecule has 0 aromatic carbocycles. The first-order chi connectivity index (χ1) is 9.16. The first-order valence-corrected chi connectivity index (χ1v) is 6.60. The number of aliphatic carboxylic acids is 1. The van der Waals surface area contributed by atoms with Gasteiger partial charge in [-0.05, 0) is 25.1 Å². The van der Waals surface area contributed by atoms with Crippen molar-refractivity contribution in [1.82, 2.24) is 9.88 Å². The van der Waals surface area contributed by atoms with Crippen LogP contribution in [0.5, 0.6) is 0 Å². The average molecular weight is 264 g/mol. The summed E-state index contributed by atoms with van der Waals surface area (Å²) in [7, 11) is 0. The monoisotopic (exact) mass is 264 g/mol. The minimum Gasteiger partial charge on any atom is -0.481 e. The summed E-state index contributed by atoms with van der Waals surface area (Å²) >= 11 is 0. The molecule has 5 heteroatoms. The highest BCUT2D eigenvalue weighted by molar-refractivity contribution is 5.75. The van der Waals surface area contributed by atoms with Crippen molar-refractivity contribution < 1.29 is 14.6 Å². The van der Waals surface area contributed by atoms with E-state index in [1.165, 1.54) is 0 Å². The van der Waals surface area contributed by atoms with E-state index in [4.69, 9.17) is 4.74 Å². The molecule has 1 aliphatic rings. The fourth-order valence-electron chi connectivity index (χ4n) is 2.40. The van der Waals surface area contributed by atoms with Gasteiger partial charge in [0.25, 0.3) is 0 Å². The Kier molecular flexibility index (Phi) is 4.50. The van der Waals surface area contributed by atoms with Crippen LogP contribution in [0, 0.1) is 5.41 Å². The normalized spacial score (nSPS) is 22.8. The van der Waals surface area contributed by atoms with E-state index in [-0.39, 0.29) is 0 Å². The van der Waals surface area contributed by atoms with Crippen molar-refractivity contribution in [1.29, 1.82) is 0 Å². The largest absolute Gasteiger partial charge is 0.481 e. The van der Waals surface area contributed by atoms with E-state index in [0.29, 0.717) is 32.7 Å². The molecule has 19 heavy (non-hydrogen) atoms. The zero-order valence-corrected chi connectivity index (χ0v) is 11.2. The number of pyridine rings is 1. The van der Waals surface area contributed by atoms with Gasteiger partial charge in [0.1, 0.15) is 5.41 Å². The maximum atomic E-state index is 11.5. The second kappa shape index (κ2) is 6.12. The second-order valence-corrected chi connectivity index (χ2v) is 5.01. The summed E-state index contributed by atoms with van der Waals surface area (Å²) in [4.78, 5) is 17.9. The number of carbonyl (C=O) groups is 1. The number of carboxylic acids is 1. The maximum Gasteiger partial charge on any atom is 0.313 e. The first-order valence-electron chi connectivity index (χ1n) is 6.60. The van der Waals surface area contributed by atoms with E-state index in [9.17, 15) is 9.90 Å². The molecule has 0 bridgehead atoms. The molecule has 0 saturated carbocycles. The third-order valence-electron chi connectivity index (χ3n) is 3.64. The van der Waals surface area contributed by atoms with Gasteiger partial charge in [-0.2, -0.15) is 0 Å². The summed E-state index contributed by atoms with van der Waals surface area (Å²) in [5.74, 6) is -0.760. The highest BCUT2D eigenvalue weighted by Gasteiger charge is 2.43. The van der Waals surface area contributed by atoms with Crippen molar-refractivity contribution >= 4 is 5.97 Å². The summed E-state index contributed by atoms with van der Waals surface area (Å²) in [5.41, 5.74) is 0.203. The molecule has 0 spiro atoms. The lowest BCUT2D eigenvalue weighted by Crippen LogP contribution is -2.43. The standard InChI is InChI=1S/C14H20N2O3/c1-2-16(9-12-5-3-4-7-15-12)10-14(13(17)18)6-8-19-11-14/h3-5,7H,2,6,8-11H2,1H3,(H,17,18). The Morgan fingerprint density at radius 3 is 2.95 bits per heavy atom. The molecule has 1 saturated heterocycles. The number of nitrogens with zero attached hydrogens (tertiary/aromatic N) is 2. The molecule has 1 unspecified atom stereocenters. The Morgan fingerprint density at radius 2 is 2.42 bits per heavy atom. The van der Waals surface area contributed by atoms with Gasteiger partial charge in [-0.15, -0.1) is 0 Å². The van der Waals surface area contributed by atoms with Crippen LogP contribution in [-0.4, -0.2) is 47.3 Å². The zero-order chi connectivity index (χ0) is 13.7. The van der Waals surface area contributed by atoms with Gasteiger partial charge in [-0.3, -0.25) is 14.7 Å². The quantitative estimate of drug-likeness (QED) is 0.841. The average Bonchev–Trinajstić information content (AvgIpc) is 2.89. The minimum absolute atomic E-state index is 0.307. The molecule has 1 aromatic rings. The Labute approximate surface area is 113 Å². The Morgan fingerprint density at radius 1 is 1.58 bits per heavy atom. The molecule has 1 atom stereocenters. The van der Waals surface area contributed by atoms with E-state index < -0.39 is 11.4 Å². The van der Waals surface area contributed by atoms with Crippen molar-refractivity contribution in [3.8, 4) is 0 Å². The van der Waals surface area contributed by atoms with Gasteiger partial charge < -0.3 is 9.84 Å². The summed E-state index contributed by atoms with van der Waals surface area (Å²) in [6.45, 7) is 4.86. The smallest absolute Gasteiger partial charge is 0.313 e. The molecule has 1 fully saturated rings. The molecule has 0 amide bonds. The minimum atomic E-state index is -0.760. The summed E-state index contributed by atoms with van der Waals surface area (Å²) in [6, 6.07) is 5.78. The lowest BCUT2D eigenvalue weighted by molar-refractivity contribution is -0.150. The molecule has 1 aliphatic heterocycles.